The lowest BCUT2D eigenvalue weighted by atomic mass is 10.1. The molecule has 0 heterocycles. The van der Waals surface area contributed by atoms with Crippen LogP contribution in [0.3, 0.4) is 0 Å². The summed E-state index contributed by atoms with van der Waals surface area (Å²) in [5.74, 6) is 0.511. The summed E-state index contributed by atoms with van der Waals surface area (Å²) in [5, 5.41) is 5.49. The van der Waals surface area contributed by atoms with Gasteiger partial charge in [0.15, 0.2) is 6.61 Å². The zero-order valence-electron chi connectivity index (χ0n) is 19.4. The minimum Gasteiger partial charge on any atom is -0.483 e. The van der Waals surface area contributed by atoms with Gasteiger partial charge in [-0.15, -0.1) is 0 Å². The molecular weight excluding hydrogens is 436 g/mol. The van der Waals surface area contributed by atoms with Gasteiger partial charge < -0.3 is 15.0 Å². The van der Waals surface area contributed by atoms with E-state index in [1.807, 2.05) is 81.4 Å². The molecule has 0 aliphatic heterocycles. The van der Waals surface area contributed by atoms with Crippen LogP contribution < -0.4 is 10.1 Å². The summed E-state index contributed by atoms with van der Waals surface area (Å²) in [6.45, 7) is 6.57. The molecule has 0 radical (unpaired) electrons. The van der Waals surface area contributed by atoms with Crippen LogP contribution in [-0.4, -0.2) is 35.9 Å². The van der Waals surface area contributed by atoms with Crippen LogP contribution in [0.2, 0.25) is 5.02 Å². The van der Waals surface area contributed by atoms with Crippen molar-refractivity contribution in [2.45, 2.75) is 39.8 Å². The lowest BCUT2D eigenvalue weighted by Gasteiger charge is -2.31. The summed E-state index contributed by atoms with van der Waals surface area (Å²) in [7, 11) is 0. The third-order valence-corrected chi connectivity index (χ3v) is 5.84. The second-order valence-electron chi connectivity index (χ2n) is 8.44. The van der Waals surface area contributed by atoms with Crippen molar-refractivity contribution in [2.24, 2.45) is 5.92 Å². The molecule has 33 heavy (non-hydrogen) atoms. The topological polar surface area (TPSA) is 58.6 Å². The molecule has 0 saturated heterocycles. The molecule has 174 valence electrons. The lowest BCUT2D eigenvalue weighted by Crippen LogP contribution is -2.50. The first kappa shape index (κ1) is 24.6. The monoisotopic (exact) mass is 466 g/mol. The van der Waals surface area contributed by atoms with Crippen molar-refractivity contribution in [3.63, 3.8) is 0 Å². The summed E-state index contributed by atoms with van der Waals surface area (Å²) in [4.78, 5) is 27.9. The molecule has 1 N–H and O–H groups in total. The molecule has 2 amide bonds. The Labute approximate surface area is 200 Å². The number of nitrogens with zero attached hydrogens (tertiary/aromatic N) is 1. The molecule has 0 aromatic heterocycles. The van der Waals surface area contributed by atoms with Crippen molar-refractivity contribution < 1.29 is 14.3 Å². The van der Waals surface area contributed by atoms with E-state index in [1.54, 1.807) is 11.0 Å². The maximum absolute atomic E-state index is 13.4. The van der Waals surface area contributed by atoms with Crippen LogP contribution >= 0.6 is 11.6 Å². The molecule has 0 saturated carbocycles. The number of rotatable bonds is 10. The van der Waals surface area contributed by atoms with Crippen molar-refractivity contribution in [2.75, 3.05) is 13.2 Å². The third kappa shape index (κ3) is 6.48. The third-order valence-electron chi connectivity index (χ3n) is 5.47. The molecule has 0 spiro atoms. The highest BCUT2D eigenvalue weighted by Gasteiger charge is 2.29. The lowest BCUT2D eigenvalue weighted by molar-refractivity contribution is -0.143. The van der Waals surface area contributed by atoms with E-state index in [4.69, 9.17) is 16.3 Å². The van der Waals surface area contributed by atoms with Gasteiger partial charge in [0.2, 0.25) is 5.91 Å². The zero-order valence-corrected chi connectivity index (χ0v) is 20.1. The largest absolute Gasteiger partial charge is 0.483 e. The van der Waals surface area contributed by atoms with Crippen LogP contribution in [0.15, 0.2) is 66.7 Å². The smallest absolute Gasteiger partial charge is 0.261 e. The molecular formula is C27H31ClN2O3. The average Bonchev–Trinajstić information content (AvgIpc) is 2.82. The maximum atomic E-state index is 13.4. The molecule has 0 aliphatic carbocycles. The second-order valence-corrected chi connectivity index (χ2v) is 8.85. The Hall–Kier alpha value is -3.05. The van der Waals surface area contributed by atoms with Crippen LogP contribution in [-0.2, 0) is 16.1 Å². The molecule has 0 aliphatic rings. The predicted molar refractivity (Wildman–Crippen MR) is 133 cm³/mol. The first-order valence-corrected chi connectivity index (χ1v) is 11.7. The average molecular weight is 467 g/mol. The van der Waals surface area contributed by atoms with Crippen LogP contribution in [0, 0.1) is 5.92 Å². The molecule has 3 aromatic carbocycles. The number of ether oxygens (including phenoxy) is 1. The van der Waals surface area contributed by atoms with E-state index in [-0.39, 0.29) is 25.0 Å². The number of benzene rings is 3. The minimum absolute atomic E-state index is 0.170. The van der Waals surface area contributed by atoms with E-state index in [2.05, 4.69) is 5.32 Å². The van der Waals surface area contributed by atoms with Gasteiger partial charge in [-0.2, -0.15) is 0 Å². The minimum atomic E-state index is -0.622. The van der Waals surface area contributed by atoms with E-state index < -0.39 is 6.04 Å². The van der Waals surface area contributed by atoms with Gasteiger partial charge in [-0.1, -0.05) is 87.0 Å². The van der Waals surface area contributed by atoms with Crippen molar-refractivity contribution in [1.29, 1.82) is 0 Å². The molecule has 3 aromatic rings. The molecule has 1 atom stereocenters. The van der Waals surface area contributed by atoms with Gasteiger partial charge in [0.1, 0.15) is 11.8 Å². The van der Waals surface area contributed by atoms with Crippen LogP contribution in [0.25, 0.3) is 10.8 Å². The van der Waals surface area contributed by atoms with Crippen molar-refractivity contribution >= 4 is 34.2 Å². The van der Waals surface area contributed by atoms with Gasteiger partial charge >= 0.3 is 0 Å². The Bertz CT molecular complexity index is 1090. The molecule has 3 rings (SSSR count). The second kappa shape index (κ2) is 11.7. The van der Waals surface area contributed by atoms with Crippen LogP contribution in [0.4, 0.5) is 0 Å². The Morgan fingerprint density at radius 1 is 1.00 bits per heavy atom. The fraction of sp³-hybridized carbons (Fsp3) is 0.333. The van der Waals surface area contributed by atoms with Crippen LogP contribution in [0.5, 0.6) is 5.75 Å². The van der Waals surface area contributed by atoms with Gasteiger partial charge in [0.25, 0.3) is 5.91 Å². The normalized spacial score (nSPS) is 11.9. The summed E-state index contributed by atoms with van der Waals surface area (Å²) in [5.41, 5.74) is 0.785. The maximum Gasteiger partial charge on any atom is 0.261 e. The molecule has 6 heteroatoms. The number of fused-ring (bicyclic) bond motifs is 1. The SMILES string of the molecule is CC[C@H](C(=O)NCC(C)C)N(Cc1ccccc1Cl)C(=O)COc1cccc2ccccc12. The van der Waals surface area contributed by atoms with Crippen molar-refractivity contribution in [3.05, 3.63) is 77.3 Å². The Kier molecular flexibility index (Phi) is 8.72. The Balaban J connectivity index is 1.83. The zero-order chi connectivity index (χ0) is 23.8. The van der Waals surface area contributed by atoms with Gasteiger partial charge in [-0.25, -0.2) is 0 Å². The summed E-state index contributed by atoms with van der Waals surface area (Å²) >= 11 is 6.37. The fourth-order valence-corrected chi connectivity index (χ4v) is 3.89. The van der Waals surface area contributed by atoms with Gasteiger partial charge in [-0.3, -0.25) is 9.59 Å². The van der Waals surface area contributed by atoms with E-state index in [0.717, 1.165) is 16.3 Å². The summed E-state index contributed by atoms with van der Waals surface area (Å²) < 4.78 is 5.95. The molecule has 0 unspecified atom stereocenters. The first-order chi connectivity index (χ1) is 15.9. The number of amides is 2. The molecule has 0 fully saturated rings. The number of hydrogen-bond donors (Lipinski definition) is 1. The fourth-order valence-electron chi connectivity index (χ4n) is 3.70. The molecule has 5 nitrogen and oxygen atoms in total. The highest BCUT2D eigenvalue weighted by atomic mass is 35.5. The van der Waals surface area contributed by atoms with E-state index in [1.165, 1.54) is 0 Å². The first-order valence-electron chi connectivity index (χ1n) is 11.3. The number of nitrogens with one attached hydrogen (secondary N) is 1. The van der Waals surface area contributed by atoms with Gasteiger partial charge in [0, 0.05) is 23.5 Å². The standard InChI is InChI=1S/C27H31ClN2O3/c1-4-24(27(32)29-16-19(2)3)30(17-21-11-6-8-14-23(21)28)26(31)18-33-25-15-9-12-20-10-5-7-13-22(20)25/h5-15,19,24H,4,16-18H2,1-3H3,(H,29,32)/t24-/m1/s1. The summed E-state index contributed by atoms with van der Waals surface area (Å²) in [6.07, 6.45) is 0.481. The Morgan fingerprint density at radius 3 is 2.42 bits per heavy atom. The van der Waals surface area contributed by atoms with Crippen LogP contribution in [0.1, 0.15) is 32.8 Å². The highest BCUT2D eigenvalue weighted by Crippen LogP contribution is 2.26. The van der Waals surface area contributed by atoms with Gasteiger partial charge in [-0.05, 0) is 35.4 Å². The summed E-state index contributed by atoms with van der Waals surface area (Å²) in [6, 6.07) is 20.4. The molecule has 0 bridgehead atoms. The number of carbonyl (C=O) groups excluding carboxylic acids is 2. The van der Waals surface area contributed by atoms with Gasteiger partial charge in [0.05, 0.1) is 0 Å². The number of hydrogen-bond acceptors (Lipinski definition) is 3. The predicted octanol–water partition coefficient (Wildman–Crippen LogP) is 5.45. The highest BCUT2D eigenvalue weighted by molar-refractivity contribution is 6.31. The Morgan fingerprint density at radius 2 is 1.70 bits per heavy atom. The van der Waals surface area contributed by atoms with Crippen molar-refractivity contribution in [3.8, 4) is 5.75 Å². The number of halogens is 1. The van der Waals surface area contributed by atoms with E-state index in [0.29, 0.717) is 29.7 Å². The van der Waals surface area contributed by atoms with Crippen molar-refractivity contribution in [1.82, 2.24) is 10.2 Å². The van der Waals surface area contributed by atoms with E-state index >= 15 is 0 Å². The quantitative estimate of drug-likeness (QED) is 0.432. The number of carbonyl (C=O) groups is 2. The van der Waals surface area contributed by atoms with E-state index in [9.17, 15) is 9.59 Å².